The molecule has 3 N–H and O–H groups in total. The van der Waals surface area contributed by atoms with Gasteiger partial charge in [0.2, 0.25) is 0 Å². The van der Waals surface area contributed by atoms with E-state index in [0.717, 1.165) is 41.9 Å². The highest BCUT2D eigenvalue weighted by atomic mass is 32.1. The van der Waals surface area contributed by atoms with E-state index in [9.17, 15) is 0 Å². The Kier molecular flexibility index (Phi) is 5.51. The zero-order valence-electron chi connectivity index (χ0n) is 16.1. The van der Waals surface area contributed by atoms with Gasteiger partial charge in [-0.05, 0) is 54.2 Å². The van der Waals surface area contributed by atoms with Gasteiger partial charge in [-0.15, -0.1) is 0 Å². The van der Waals surface area contributed by atoms with Crippen molar-refractivity contribution in [2.24, 2.45) is 10.7 Å². The number of fused-ring (bicyclic) bond motifs is 1. The van der Waals surface area contributed by atoms with Crippen molar-refractivity contribution in [1.82, 2.24) is 5.32 Å². The lowest BCUT2D eigenvalue weighted by atomic mass is 10.0. The van der Waals surface area contributed by atoms with Crippen LogP contribution < -0.4 is 11.1 Å². The molecule has 2 aromatic carbocycles. The number of nitrogens with one attached hydrogen (secondary N) is 1. The first-order chi connectivity index (χ1) is 13.6. The predicted octanol–water partition coefficient (Wildman–Crippen LogP) is 4.50. The fourth-order valence-corrected chi connectivity index (χ4v) is 4.12. The van der Waals surface area contributed by atoms with Crippen molar-refractivity contribution < 1.29 is 0 Å². The van der Waals surface area contributed by atoms with Crippen LogP contribution in [0.5, 0.6) is 0 Å². The number of benzene rings is 2. The lowest BCUT2D eigenvalue weighted by Crippen LogP contribution is -2.29. The quantitative estimate of drug-likeness (QED) is 0.451. The van der Waals surface area contributed by atoms with Crippen LogP contribution in [0.4, 0.5) is 5.69 Å². The summed E-state index contributed by atoms with van der Waals surface area (Å²) in [6.07, 6.45) is 8.81. The van der Waals surface area contributed by atoms with Gasteiger partial charge in [-0.25, -0.2) is 4.99 Å². The summed E-state index contributed by atoms with van der Waals surface area (Å²) in [5.41, 5.74) is 13.4. The molecule has 142 valence electrons. The van der Waals surface area contributed by atoms with Crippen LogP contribution in [0.15, 0.2) is 71.3 Å². The van der Waals surface area contributed by atoms with Gasteiger partial charge in [-0.2, -0.15) is 0 Å². The highest BCUT2D eigenvalue weighted by Crippen LogP contribution is 2.27. The van der Waals surface area contributed by atoms with Crippen LogP contribution in [0.2, 0.25) is 0 Å². The maximum atomic E-state index is 6.22. The van der Waals surface area contributed by atoms with Crippen molar-refractivity contribution in [3.8, 4) is 0 Å². The second kappa shape index (κ2) is 8.21. The standard InChI is InChI=1S/C24H25N3S/c1-16-6-2-3-7-18(16)15-26-21-12-17-10-11-20(13-19(17)14-21)27-24(25)22-8-4-5-9-23(22)28/h2-8,10-11,13,21,26H,9,12,14-15H2,1H3,(H2,25,27). The van der Waals surface area contributed by atoms with E-state index in [2.05, 4.69) is 59.7 Å². The van der Waals surface area contributed by atoms with E-state index >= 15 is 0 Å². The molecule has 0 aromatic heterocycles. The molecule has 2 aromatic rings. The van der Waals surface area contributed by atoms with Gasteiger partial charge < -0.3 is 11.1 Å². The highest BCUT2D eigenvalue weighted by molar-refractivity contribution is 7.81. The Hall–Kier alpha value is -2.56. The summed E-state index contributed by atoms with van der Waals surface area (Å²) in [7, 11) is 0. The van der Waals surface area contributed by atoms with Crippen LogP contribution in [0.1, 0.15) is 28.7 Å². The molecule has 4 rings (SSSR count). The van der Waals surface area contributed by atoms with Crippen molar-refractivity contribution in [2.75, 3.05) is 0 Å². The van der Waals surface area contributed by atoms with Gasteiger partial charge in [0, 0.05) is 29.4 Å². The van der Waals surface area contributed by atoms with Crippen molar-refractivity contribution in [1.29, 1.82) is 0 Å². The Labute approximate surface area is 172 Å². The van der Waals surface area contributed by atoms with Crippen LogP contribution >= 0.6 is 12.2 Å². The van der Waals surface area contributed by atoms with E-state index in [1.165, 1.54) is 22.3 Å². The summed E-state index contributed by atoms with van der Waals surface area (Å²) in [6, 6.07) is 15.4. The number of hydrogen-bond acceptors (Lipinski definition) is 3. The molecule has 0 amide bonds. The largest absolute Gasteiger partial charge is 0.383 e. The summed E-state index contributed by atoms with van der Waals surface area (Å²) >= 11 is 5.40. The van der Waals surface area contributed by atoms with E-state index < -0.39 is 0 Å². The van der Waals surface area contributed by atoms with E-state index in [1.54, 1.807) is 0 Å². The lowest BCUT2D eigenvalue weighted by Gasteiger charge is -2.13. The van der Waals surface area contributed by atoms with E-state index in [1.807, 2.05) is 18.2 Å². The Morgan fingerprint density at radius 2 is 2.00 bits per heavy atom. The first kappa shape index (κ1) is 18.8. The van der Waals surface area contributed by atoms with Gasteiger partial charge in [0.15, 0.2) is 0 Å². The molecule has 0 aliphatic heterocycles. The van der Waals surface area contributed by atoms with Crippen LogP contribution in [-0.4, -0.2) is 16.7 Å². The normalized spacial score (nSPS) is 18.9. The maximum Gasteiger partial charge on any atom is 0.132 e. The molecule has 3 nitrogen and oxygen atoms in total. The van der Waals surface area contributed by atoms with Crippen molar-refractivity contribution in [3.05, 3.63) is 88.5 Å². The molecule has 0 saturated carbocycles. The number of aliphatic imine (C=N–C) groups is 1. The molecule has 2 aliphatic carbocycles. The number of aryl methyl sites for hydroxylation is 1. The molecule has 2 aliphatic rings. The lowest BCUT2D eigenvalue weighted by molar-refractivity contribution is 0.532. The molecule has 1 atom stereocenters. The Morgan fingerprint density at radius 3 is 2.82 bits per heavy atom. The zero-order valence-corrected chi connectivity index (χ0v) is 16.9. The van der Waals surface area contributed by atoms with Gasteiger partial charge in [-0.3, -0.25) is 0 Å². The molecule has 0 spiro atoms. The van der Waals surface area contributed by atoms with Crippen molar-refractivity contribution in [2.45, 2.75) is 38.8 Å². The maximum absolute atomic E-state index is 6.22. The Bertz CT molecular complexity index is 1000. The van der Waals surface area contributed by atoms with E-state index in [-0.39, 0.29) is 0 Å². The second-order valence-corrected chi connectivity index (χ2v) is 7.99. The van der Waals surface area contributed by atoms with E-state index in [4.69, 9.17) is 18.0 Å². The molecular formula is C24H25N3S. The summed E-state index contributed by atoms with van der Waals surface area (Å²) < 4.78 is 0. The van der Waals surface area contributed by atoms with Gasteiger partial charge in [0.05, 0.1) is 5.69 Å². The van der Waals surface area contributed by atoms with Gasteiger partial charge in [0.25, 0.3) is 0 Å². The molecular weight excluding hydrogens is 362 g/mol. The first-order valence-corrected chi connectivity index (χ1v) is 10.2. The predicted molar refractivity (Wildman–Crippen MR) is 121 cm³/mol. The summed E-state index contributed by atoms with van der Waals surface area (Å²) in [6.45, 7) is 3.07. The number of hydrogen-bond donors (Lipinski definition) is 2. The monoisotopic (exact) mass is 387 g/mol. The number of nitrogens with two attached hydrogens (primary N) is 1. The SMILES string of the molecule is Cc1ccccc1CNC1Cc2ccc(N=C(N)C3=CC=CCC3=S)cc2C1. The fraction of sp³-hybridized carbons (Fsp3) is 0.250. The molecule has 1 unspecified atom stereocenters. The number of thiocarbonyl (C=S) groups is 1. The van der Waals surface area contributed by atoms with Gasteiger partial charge >= 0.3 is 0 Å². The van der Waals surface area contributed by atoms with Crippen molar-refractivity contribution >= 4 is 28.6 Å². The van der Waals surface area contributed by atoms with Gasteiger partial charge in [-0.1, -0.05) is 60.8 Å². The Balaban J connectivity index is 1.44. The van der Waals surface area contributed by atoms with Crippen LogP contribution in [0.3, 0.4) is 0 Å². The summed E-state index contributed by atoms with van der Waals surface area (Å²) in [5.74, 6) is 0.501. The molecule has 0 fully saturated rings. The number of allylic oxidation sites excluding steroid dienone is 3. The number of nitrogens with zero attached hydrogens (tertiary/aromatic N) is 1. The molecule has 0 bridgehead atoms. The smallest absolute Gasteiger partial charge is 0.132 e. The average Bonchev–Trinajstić information content (AvgIpc) is 3.10. The fourth-order valence-electron chi connectivity index (χ4n) is 3.85. The minimum Gasteiger partial charge on any atom is -0.383 e. The minimum absolute atomic E-state index is 0.463. The van der Waals surface area contributed by atoms with Crippen LogP contribution in [0.25, 0.3) is 0 Å². The highest BCUT2D eigenvalue weighted by Gasteiger charge is 2.21. The third-order valence-electron chi connectivity index (χ3n) is 5.49. The zero-order chi connectivity index (χ0) is 19.5. The number of amidine groups is 1. The number of rotatable bonds is 5. The minimum atomic E-state index is 0.463. The van der Waals surface area contributed by atoms with Gasteiger partial charge in [0.1, 0.15) is 5.84 Å². The average molecular weight is 388 g/mol. The topological polar surface area (TPSA) is 50.4 Å². The van der Waals surface area contributed by atoms with Crippen LogP contribution in [-0.2, 0) is 19.4 Å². The van der Waals surface area contributed by atoms with E-state index in [0.29, 0.717) is 11.9 Å². The third-order valence-corrected chi connectivity index (χ3v) is 5.88. The molecule has 4 heteroatoms. The molecule has 0 heterocycles. The third kappa shape index (κ3) is 4.13. The summed E-state index contributed by atoms with van der Waals surface area (Å²) in [5, 5.41) is 3.71. The first-order valence-electron chi connectivity index (χ1n) is 9.74. The second-order valence-electron chi connectivity index (χ2n) is 7.50. The molecule has 0 radical (unpaired) electrons. The Morgan fingerprint density at radius 1 is 1.18 bits per heavy atom. The van der Waals surface area contributed by atoms with Crippen LogP contribution in [0, 0.1) is 6.92 Å². The summed E-state index contributed by atoms with van der Waals surface area (Å²) in [4.78, 5) is 5.48. The molecule has 0 saturated heterocycles. The molecule has 28 heavy (non-hydrogen) atoms. The van der Waals surface area contributed by atoms with Crippen molar-refractivity contribution in [3.63, 3.8) is 0 Å².